The van der Waals surface area contributed by atoms with Gasteiger partial charge in [0, 0.05) is 31.0 Å². The molecule has 3 N–H and O–H groups in total. The Kier molecular flexibility index (Phi) is 9.49. The van der Waals surface area contributed by atoms with E-state index in [1.807, 2.05) is 62.4 Å². The molecule has 0 saturated heterocycles. The van der Waals surface area contributed by atoms with Crippen molar-refractivity contribution in [2.75, 3.05) is 13.2 Å². The van der Waals surface area contributed by atoms with Gasteiger partial charge in [-0.3, -0.25) is 9.59 Å². The van der Waals surface area contributed by atoms with Gasteiger partial charge in [-0.05, 0) is 46.4 Å². The molecule has 0 aromatic heterocycles. The highest BCUT2D eigenvalue weighted by Crippen LogP contribution is 2.31. The van der Waals surface area contributed by atoms with Crippen molar-refractivity contribution in [3.8, 4) is 5.75 Å². The van der Waals surface area contributed by atoms with Crippen molar-refractivity contribution in [1.29, 1.82) is 0 Å². The lowest BCUT2D eigenvalue weighted by Gasteiger charge is -2.41. The number of para-hydroxylation sites is 1. The van der Waals surface area contributed by atoms with Gasteiger partial charge in [0.2, 0.25) is 11.8 Å². The number of amides is 2. The third kappa shape index (κ3) is 6.58. The van der Waals surface area contributed by atoms with E-state index in [0.29, 0.717) is 17.9 Å². The molecule has 2 amide bonds. The number of halogens is 1. The van der Waals surface area contributed by atoms with Crippen LogP contribution in [0.1, 0.15) is 25.8 Å². The number of ether oxygens (including phenoxy) is 1. The van der Waals surface area contributed by atoms with E-state index in [0.717, 1.165) is 9.13 Å². The van der Waals surface area contributed by atoms with Crippen LogP contribution in [0.4, 0.5) is 0 Å². The fourth-order valence-corrected chi connectivity index (χ4v) is 4.45. The Hall–Kier alpha value is -2.43. The van der Waals surface area contributed by atoms with Crippen molar-refractivity contribution in [1.82, 2.24) is 10.2 Å². The summed E-state index contributed by atoms with van der Waals surface area (Å²) in [6.45, 7) is 3.88. The van der Waals surface area contributed by atoms with E-state index in [9.17, 15) is 14.7 Å². The van der Waals surface area contributed by atoms with Gasteiger partial charge >= 0.3 is 0 Å². The number of rotatable bonds is 9. The number of benzene rings is 2. The lowest BCUT2D eigenvalue weighted by molar-refractivity contribution is -0.142. The van der Waals surface area contributed by atoms with E-state index >= 15 is 0 Å². The summed E-state index contributed by atoms with van der Waals surface area (Å²) < 4.78 is 7.02. The van der Waals surface area contributed by atoms with Crippen molar-refractivity contribution in [3.63, 3.8) is 0 Å². The molecule has 3 rings (SSSR count). The average Bonchev–Trinajstić information content (AvgIpc) is 2.84. The Balaban J connectivity index is 1.97. The van der Waals surface area contributed by atoms with Crippen LogP contribution in [0, 0.1) is 9.49 Å². The molecule has 7 nitrogen and oxygen atoms in total. The van der Waals surface area contributed by atoms with E-state index in [2.05, 4.69) is 27.9 Å². The largest absolute Gasteiger partial charge is 0.482 e. The van der Waals surface area contributed by atoms with Gasteiger partial charge < -0.3 is 25.2 Å². The first-order valence-electron chi connectivity index (χ1n) is 11.3. The van der Waals surface area contributed by atoms with E-state index in [1.54, 1.807) is 17.0 Å². The van der Waals surface area contributed by atoms with E-state index < -0.39 is 18.2 Å². The maximum absolute atomic E-state index is 13.3. The number of aliphatic hydroxyl groups is 2. The summed E-state index contributed by atoms with van der Waals surface area (Å²) in [6.07, 6.45) is -0.0768. The third-order valence-electron chi connectivity index (χ3n) is 5.69. The monoisotopic (exact) mass is 578 g/mol. The summed E-state index contributed by atoms with van der Waals surface area (Å²) in [5.41, 5.74) is 1.34. The Labute approximate surface area is 213 Å². The first-order chi connectivity index (χ1) is 16.3. The molecule has 0 bridgehead atoms. The lowest BCUT2D eigenvalue weighted by atomic mass is 9.87. The molecule has 34 heavy (non-hydrogen) atoms. The maximum Gasteiger partial charge on any atom is 0.247 e. The first-order valence-corrected chi connectivity index (χ1v) is 12.4. The summed E-state index contributed by atoms with van der Waals surface area (Å²) in [7, 11) is 0. The van der Waals surface area contributed by atoms with Gasteiger partial charge in [0.15, 0.2) is 0 Å². The van der Waals surface area contributed by atoms with Crippen molar-refractivity contribution in [3.05, 3.63) is 75.4 Å². The molecule has 0 heterocycles. The first kappa shape index (κ1) is 26.2. The summed E-state index contributed by atoms with van der Waals surface area (Å²) in [6, 6.07) is 16.3. The Morgan fingerprint density at radius 3 is 2.47 bits per heavy atom. The van der Waals surface area contributed by atoms with Crippen molar-refractivity contribution < 1.29 is 24.5 Å². The van der Waals surface area contributed by atoms with Crippen LogP contribution in [-0.2, 0) is 16.1 Å². The van der Waals surface area contributed by atoms with Crippen LogP contribution in [0.25, 0.3) is 0 Å². The molecule has 3 unspecified atom stereocenters. The molecule has 1 aliphatic carbocycles. The van der Waals surface area contributed by atoms with Gasteiger partial charge in [-0.15, -0.1) is 0 Å². The van der Waals surface area contributed by atoms with E-state index in [-0.39, 0.29) is 37.3 Å². The number of carbonyl (C=O) groups is 2. The molecule has 0 radical (unpaired) electrons. The Morgan fingerprint density at radius 2 is 1.82 bits per heavy atom. The smallest absolute Gasteiger partial charge is 0.247 e. The molecule has 182 valence electrons. The number of hydrogen-bond acceptors (Lipinski definition) is 5. The molecular weight excluding hydrogens is 547 g/mol. The highest BCUT2D eigenvalue weighted by atomic mass is 127. The van der Waals surface area contributed by atoms with Crippen LogP contribution in [-0.4, -0.2) is 58.3 Å². The van der Waals surface area contributed by atoms with Crippen LogP contribution < -0.4 is 10.1 Å². The Bertz CT molecular complexity index is 1010. The number of hydrogen-bond donors (Lipinski definition) is 3. The minimum Gasteiger partial charge on any atom is -0.482 e. The third-order valence-corrected chi connectivity index (χ3v) is 6.58. The van der Waals surface area contributed by atoms with Crippen LogP contribution in [0.15, 0.2) is 66.2 Å². The highest BCUT2D eigenvalue weighted by Gasteiger charge is 2.41. The van der Waals surface area contributed by atoms with Gasteiger partial charge in [0.05, 0.1) is 16.2 Å². The van der Waals surface area contributed by atoms with Crippen molar-refractivity contribution in [2.45, 2.75) is 45.1 Å². The second-order valence-corrected chi connectivity index (χ2v) is 9.71. The van der Waals surface area contributed by atoms with E-state index in [1.165, 1.54) is 0 Å². The minimum absolute atomic E-state index is 0.113. The predicted molar refractivity (Wildman–Crippen MR) is 138 cm³/mol. The topological polar surface area (TPSA) is 99.1 Å². The summed E-state index contributed by atoms with van der Waals surface area (Å²) in [5, 5.41) is 23.2. The number of aliphatic hydroxyl groups excluding tert-OH is 2. The van der Waals surface area contributed by atoms with Crippen LogP contribution in [0.3, 0.4) is 0 Å². The number of carbonyl (C=O) groups excluding carboxylic acids is 2. The zero-order valence-corrected chi connectivity index (χ0v) is 21.5. The molecular formula is C26H31IN2O5. The highest BCUT2D eigenvalue weighted by molar-refractivity contribution is 14.1. The van der Waals surface area contributed by atoms with Crippen LogP contribution >= 0.6 is 22.6 Å². The molecule has 2 aromatic carbocycles. The van der Waals surface area contributed by atoms with Gasteiger partial charge in [0.25, 0.3) is 0 Å². The zero-order valence-electron chi connectivity index (χ0n) is 19.4. The molecule has 3 atom stereocenters. The normalized spacial score (nSPS) is 19.9. The summed E-state index contributed by atoms with van der Waals surface area (Å²) in [5.74, 6) is -0.163. The fourth-order valence-electron chi connectivity index (χ4n) is 3.94. The SMILES string of the molecule is CC(C)C(=O)N(Cc1ccccc1)C1CC(C(=O)NCCO)=CC(Oc2ccccc2I)C1O. The quantitative estimate of drug-likeness (QED) is 0.398. The maximum atomic E-state index is 13.3. The minimum atomic E-state index is -1.04. The molecule has 0 fully saturated rings. The molecule has 0 spiro atoms. The molecule has 2 aromatic rings. The molecule has 1 aliphatic rings. The van der Waals surface area contributed by atoms with Crippen molar-refractivity contribution >= 4 is 34.4 Å². The van der Waals surface area contributed by atoms with Gasteiger partial charge in [-0.2, -0.15) is 0 Å². The van der Waals surface area contributed by atoms with E-state index in [4.69, 9.17) is 9.84 Å². The average molecular weight is 578 g/mol. The lowest BCUT2D eigenvalue weighted by Crippen LogP contribution is -2.55. The van der Waals surface area contributed by atoms with Gasteiger partial charge in [0.1, 0.15) is 18.0 Å². The second kappa shape index (κ2) is 12.3. The zero-order chi connectivity index (χ0) is 24.7. The number of nitrogens with one attached hydrogen (secondary N) is 1. The van der Waals surface area contributed by atoms with Crippen LogP contribution in [0.5, 0.6) is 5.75 Å². The standard InChI is InChI=1S/C26H31IN2O5/c1-17(2)26(33)29(16-18-8-4-3-5-9-18)21-14-19(25(32)28-12-13-30)15-23(24(21)31)34-22-11-7-6-10-20(22)27/h3-11,15,17,21,23-24,30-31H,12-14,16H2,1-2H3,(H,28,32). The predicted octanol–water partition coefficient (Wildman–Crippen LogP) is 2.89. The molecule has 8 heteroatoms. The van der Waals surface area contributed by atoms with Crippen molar-refractivity contribution in [2.24, 2.45) is 5.92 Å². The van der Waals surface area contributed by atoms with Crippen LogP contribution in [0.2, 0.25) is 0 Å². The number of nitrogens with zero attached hydrogens (tertiary/aromatic N) is 1. The fraction of sp³-hybridized carbons (Fsp3) is 0.385. The molecule has 0 aliphatic heterocycles. The summed E-state index contributed by atoms with van der Waals surface area (Å²) in [4.78, 5) is 27.8. The summed E-state index contributed by atoms with van der Waals surface area (Å²) >= 11 is 2.15. The second-order valence-electron chi connectivity index (χ2n) is 8.55. The van der Waals surface area contributed by atoms with Gasteiger partial charge in [-0.1, -0.05) is 56.3 Å². The molecule has 0 saturated carbocycles. The Morgan fingerprint density at radius 1 is 1.15 bits per heavy atom. The van der Waals surface area contributed by atoms with Gasteiger partial charge in [-0.25, -0.2) is 0 Å².